The second-order valence-electron chi connectivity index (χ2n) is 7.62. The number of benzene rings is 1. The molecule has 1 N–H and O–H groups in total. The maximum absolute atomic E-state index is 6.15. The maximum Gasteiger partial charge on any atom is 0.194 e. The molecular weight excluding hydrogens is 481 g/mol. The van der Waals surface area contributed by atoms with Gasteiger partial charge in [-0.15, -0.1) is 24.0 Å². The van der Waals surface area contributed by atoms with Crippen LogP contribution in [0.4, 0.5) is 0 Å². The molecular formula is C22H36IN3O3. The van der Waals surface area contributed by atoms with Crippen LogP contribution in [-0.2, 0) is 16.0 Å². The lowest BCUT2D eigenvalue weighted by Gasteiger charge is -2.27. The summed E-state index contributed by atoms with van der Waals surface area (Å²) in [4.78, 5) is 7.26. The quantitative estimate of drug-likeness (QED) is 0.222. The summed E-state index contributed by atoms with van der Waals surface area (Å²) in [6.45, 7) is 7.73. The van der Waals surface area contributed by atoms with Crippen LogP contribution >= 0.6 is 24.0 Å². The second kappa shape index (κ2) is 13.3. The summed E-state index contributed by atoms with van der Waals surface area (Å²) in [5.41, 5.74) is 1.16. The minimum Gasteiger partial charge on any atom is -0.490 e. The number of hydrogen-bond acceptors (Lipinski definition) is 4. The first-order valence-corrected chi connectivity index (χ1v) is 10.6. The van der Waals surface area contributed by atoms with Gasteiger partial charge in [0.2, 0.25) is 0 Å². The number of nitrogens with one attached hydrogen (secondary N) is 1. The van der Waals surface area contributed by atoms with E-state index in [2.05, 4.69) is 35.3 Å². The highest BCUT2D eigenvalue weighted by molar-refractivity contribution is 14.0. The Hall–Kier alpha value is -1.06. The summed E-state index contributed by atoms with van der Waals surface area (Å²) in [5.74, 6) is 2.52. The Balaban J connectivity index is 0.00000300. The summed E-state index contributed by atoms with van der Waals surface area (Å²) in [5, 5.41) is 3.45. The number of ether oxygens (including phenoxy) is 3. The van der Waals surface area contributed by atoms with E-state index in [-0.39, 0.29) is 24.0 Å². The molecule has 3 rings (SSSR count). The zero-order chi connectivity index (χ0) is 19.6. The van der Waals surface area contributed by atoms with E-state index in [1.54, 1.807) is 7.11 Å². The molecule has 0 bridgehead atoms. The van der Waals surface area contributed by atoms with Crippen molar-refractivity contribution < 1.29 is 14.2 Å². The molecule has 2 fully saturated rings. The van der Waals surface area contributed by atoms with Gasteiger partial charge in [0.15, 0.2) is 5.96 Å². The van der Waals surface area contributed by atoms with Gasteiger partial charge in [0, 0.05) is 38.2 Å². The number of hydrogen-bond donors (Lipinski definition) is 1. The van der Waals surface area contributed by atoms with Gasteiger partial charge in [-0.1, -0.05) is 18.2 Å². The van der Waals surface area contributed by atoms with Crippen molar-refractivity contribution in [3.8, 4) is 5.75 Å². The number of halogens is 1. The van der Waals surface area contributed by atoms with Gasteiger partial charge in [0.1, 0.15) is 5.75 Å². The molecule has 1 aromatic carbocycles. The topological polar surface area (TPSA) is 55.3 Å². The van der Waals surface area contributed by atoms with Crippen LogP contribution in [0.5, 0.6) is 5.75 Å². The third kappa shape index (κ3) is 7.61. The predicted molar refractivity (Wildman–Crippen MR) is 127 cm³/mol. The predicted octanol–water partition coefficient (Wildman–Crippen LogP) is 3.69. The summed E-state index contributed by atoms with van der Waals surface area (Å²) in [6.07, 6.45) is 5.14. The average Bonchev–Trinajstić information content (AvgIpc) is 3.15. The van der Waals surface area contributed by atoms with Crippen molar-refractivity contribution in [1.29, 1.82) is 0 Å². The molecule has 0 spiro atoms. The van der Waals surface area contributed by atoms with Gasteiger partial charge in [-0.25, -0.2) is 4.99 Å². The van der Waals surface area contributed by atoms with Crippen LogP contribution in [0.25, 0.3) is 0 Å². The van der Waals surface area contributed by atoms with Gasteiger partial charge in [0.05, 0.1) is 32.5 Å². The van der Waals surface area contributed by atoms with Crippen LogP contribution in [0, 0.1) is 5.92 Å². The third-order valence-corrected chi connectivity index (χ3v) is 5.42. The molecule has 1 aliphatic carbocycles. The van der Waals surface area contributed by atoms with Crippen molar-refractivity contribution in [2.24, 2.45) is 10.9 Å². The van der Waals surface area contributed by atoms with E-state index in [9.17, 15) is 0 Å². The van der Waals surface area contributed by atoms with Crippen LogP contribution in [0.15, 0.2) is 29.3 Å². The second-order valence-corrected chi connectivity index (χ2v) is 7.62. The Labute approximate surface area is 192 Å². The molecule has 1 heterocycles. The highest BCUT2D eigenvalue weighted by Crippen LogP contribution is 2.28. The highest BCUT2D eigenvalue weighted by Gasteiger charge is 2.25. The normalized spacial score (nSPS) is 19.6. The summed E-state index contributed by atoms with van der Waals surface area (Å²) >= 11 is 0. The first-order valence-electron chi connectivity index (χ1n) is 10.6. The molecule has 0 aromatic heterocycles. The zero-order valence-electron chi connectivity index (χ0n) is 17.8. The monoisotopic (exact) mass is 517 g/mol. The Morgan fingerprint density at radius 2 is 2.03 bits per heavy atom. The van der Waals surface area contributed by atoms with E-state index in [0.717, 1.165) is 49.9 Å². The number of guanidine groups is 1. The first-order chi connectivity index (χ1) is 13.8. The van der Waals surface area contributed by atoms with Crippen LogP contribution < -0.4 is 10.1 Å². The van der Waals surface area contributed by atoms with Crippen molar-refractivity contribution in [3.63, 3.8) is 0 Å². The Morgan fingerprint density at radius 3 is 2.76 bits per heavy atom. The van der Waals surface area contributed by atoms with Gasteiger partial charge >= 0.3 is 0 Å². The SMILES string of the molecule is CCNC(=NCc1ccccc1OC1CCC1)N1CCC(COCCOC)C1.I. The Morgan fingerprint density at radius 1 is 1.21 bits per heavy atom. The van der Waals surface area contributed by atoms with E-state index in [0.29, 0.717) is 31.8 Å². The van der Waals surface area contributed by atoms with Crippen molar-refractivity contribution in [2.75, 3.05) is 46.6 Å². The molecule has 1 aliphatic heterocycles. The minimum atomic E-state index is 0. The van der Waals surface area contributed by atoms with E-state index >= 15 is 0 Å². The smallest absolute Gasteiger partial charge is 0.194 e. The van der Waals surface area contributed by atoms with Crippen LogP contribution in [-0.4, -0.2) is 63.5 Å². The molecule has 1 aromatic rings. The molecule has 1 saturated heterocycles. The number of rotatable bonds is 10. The summed E-state index contributed by atoms with van der Waals surface area (Å²) in [7, 11) is 1.70. The standard InChI is InChI=1S/C22H35N3O3.HI/c1-3-23-22(25-12-11-18(16-25)17-27-14-13-26-2)24-15-19-7-4-5-10-21(19)28-20-8-6-9-20;/h4-5,7,10,18,20H,3,6,8-9,11-17H2,1-2H3,(H,23,24);1H. The van der Waals surface area contributed by atoms with Gasteiger partial charge in [-0.05, 0) is 38.7 Å². The van der Waals surface area contributed by atoms with Crippen LogP contribution in [0.2, 0.25) is 0 Å². The fourth-order valence-corrected chi connectivity index (χ4v) is 3.56. The lowest BCUT2D eigenvalue weighted by Crippen LogP contribution is -2.40. The number of methoxy groups -OCH3 is 1. The lowest BCUT2D eigenvalue weighted by atomic mass is 9.96. The molecule has 29 heavy (non-hydrogen) atoms. The van der Waals surface area contributed by atoms with Crippen molar-refractivity contribution in [3.05, 3.63) is 29.8 Å². The Bertz CT molecular complexity index is 625. The number of aliphatic imine (C=N–C) groups is 1. The van der Waals surface area contributed by atoms with E-state index in [1.807, 2.05) is 6.07 Å². The highest BCUT2D eigenvalue weighted by atomic mass is 127. The van der Waals surface area contributed by atoms with Gasteiger partial charge in [-0.2, -0.15) is 0 Å². The van der Waals surface area contributed by atoms with Crippen LogP contribution in [0.3, 0.4) is 0 Å². The zero-order valence-corrected chi connectivity index (χ0v) is 20.1. The molecule has 1 saturated carbocycles. The van der Waals surface area contributed by atoms with Crippen molar-refractivity contribution in [1.82, 2.24) is 10.2 Å². The largest absolute Gasteiger partial charge is 0.490 e. The van der Waals surface area contributed by atoms with E-state index < -0.39 is 0 Å². The number of nitrogens with zero attached hydrogens (tertiary/aromatic N) is 2. The molecule has 0 radical (unpaired) electrons. The van der Waals surface area contributed by atoms with Gasteiger partial charge in [0.25, 0.3) is 0 Å². The van der Waals surface area contributed by atoms with Gasteiger partial charge < -0.3 is 24.4 Å². The molecule has 7 heteroatoms. The number of likely N-dealkylation sites (tertiary alicyclic amines) is 1. The van der Waals surface area contributed by atoms with Crippen molar-refractivity contribution >= 4 is 29.9 Å². The third-order valence-electron chi connectivity index (χ3n) is 5.42. The molecule has 164 valence electrons. The maximum atomic E-state index is 6.15. The molecule has 1 atom stereocenters. The molecule has 6 nitrogen and oxygen atoms in total. The van der Waals surface area contributed by atoms with E-state index in [4.69, 9.17) is 19.2 Å². The summed E-state index contributed by atoms with van der Waals surface area (Å²) in [6, 6.07) is 8.30. The molecule has 2 aliphatic rings. The number of para-hydroxylation sites is 1. The fourth-order valence-electron chi connectivity index (χ4n) is 3.56. The van der Waals surface area contributed by atoms with E-state index in [1.165, 1.54) is 19.3 Å². The average molecular weight is 517 g/mol. The summed E-state index contributed by atoms with van der Waals surface area (Å²) < 4.78 is 16.9. The first kappa shape index (κ1) is 24.2. The van der Waals surface area contributed by atoms with Crippen molar-refractivity contribution in [2.45, 2.75) is 45.3 Å². The fraction of sp³-hybridized carbons (Fsp3) is 0.682. The lowest BCUT2D eigenvalue weighted by molar-refractivity contribution is 0.0536. The van der Waals surface area contributed by atoms with Gasteiger partial charge in [-0.3, -0.25) is 0 Å². The van der Waals surface area contributed by atoms with Crippen LogP contribution in [0.1, 0.15) is 38.2 Å². The molecule has 0 amide bonds. The minimum absolute atomic E-state index is 0. The molecule has 1 unspecified atom stereocenters. The Kier molecular flexibility index (Phi) is 11.1.